The maximum absolute atomic E-state index is 13.7. The number of hydrogen-bond donors (Lipinski definition) is 1. The normalized spacial score (nSPS) is 20.7. The fourth-order valence-corrected chi connectivity index (χ4v) is 4.97. The molecule has 1 saturated heterocycles. The minimum Gasteiger partial charge on any atom is -0.497 e. The zero-order valence-electron chi connectivity index (χ0n) is 17.6. The Morgan fingerprint density at radius 3 is 2.81 bits per heavy atom. The molecule has 0 spiro atoms. The standard InChI is InChI=1S/C24H24FN3O3/c1-24-22-18(19-13-17(31-2)6-7-20(19)26-22)9-11-28(24)21(29)14-27(23(24)30)10-8-15-4-3-5-16(25)12-15/h3-7,12-13,26H,8-11,14H2,1-2H3. The van der Waals surface area contributed by atoms with Crippen LogP contribution in [0.15, 0.2) is 42.5 Å². The summed E-state index contributed by atoms with van der Waals surface area (Å²) in [5, 5.41) is 1.02. The van der Waals surface area contributed by atoms with Crippen LogP contribution >= 0.6 is 0 Å². The highest BCUT2D eigenvalue weighted by atomic mass is 19.1. The van der Waals surface area contributed by atoms with Crippen molar-refractivity contribution < 1.29 is 18.7 Å². The van der Waals surface area contributed by atoms with Gasteiger partial charge in [0.2, 0.25) is 5.91 Å². The van der Waals surface area contributed by atoms with Crippen LogP contribution < -0.4 is 4.74 Å². The molecule has 5 rings (SSSR count). The van der Waals surface area contributed by atoms with Crippen LogP contribution in [0.4, 0.5) is 4.39 Å². The summed E-state index contributed by atoms with van der Waals surface area (Å²) in [5.74, 6) is 0.276. The van der Waals surface area contributed by atoms with Crippen LogP contribution in [0.25, 0.3) is 10.9 Å². The van der Waals surface area contributed by atoms with E-state index in [0.29, 0.717) is 25.9 Å². The first kappa shape index (κ1) is 19.6. The number of carbonyl (C=O) groups excluding carboxylic acids is 2. The van der Waals surface area contributed by atoms with Crippen LogP contribution in [0.5, 0.6) is 5.75 Å². The summed E-state index contributed by atoms with van der Waals surface area (Å²) in [6.45, 7) is 2.73. The second kappa shape index (κ2) is 7.11. The molecule has 2 aliphatic heterocycles. The largest absolute Gasteiger partial charge is 0.497 e. The van der Waals surface area contributed by atoms with Gasteiger partial charge in [-0.25, -0.2) is 4.39 Å². The number of methoxy groups -OCH3 is 1. The van der Waals surface area contributed by atoms with Crippen molar-refractivity contribution in [1.29, 1.82) is 0 Å². The van der Waals surface area contributed by atoms with Crippen molar-refractivity contribution in [2.75, 3.05) is 26.7 Å². The van der Waals surface area contributed by atoms with Gasteiger partial charge in [-0.3, -0.25) is 9.59 Å². The van der Waals surface area contributed by atoms with E-state index in [9.17, 15) is 14.0 Å². The fraction of sp³-hybridized carbons (Fsp3) is 0.333. The van der Waals surface area contributed by atoms with Gasteiger partial charge in [-0.1, -0.05) is 12.1 Å². The van der Waals surface area contributed by atoms with Gasteiger partial charge >= 0.3 is 0 Å². The molecule has 3 aromatic rings. The number of H-pyrrole nitrogens is 1. The molecule has 0 radical (unpaired) electrons. The summed E-state index contributed by atoms with van der Waals surface area (Å²) in [4.78, 5) is 33.4. The number of aromatic nitrogens is 1. The summed E-state index contributed by atoms with van der Waals surface area (Å²) in [7, 11) is 1.63. The Morgan fingerprint density at radius 1 is 1.19 bits per heavy atom. The summed E-state index contributed by atoms with van der Waals surface area (Å²) in [6, 6.07) is 12.1. The van der Waals surface area contributed by atoms with Crippen molar-refractivity contribution in [3.63, 3.8) is 0 Å². The van der Waals surface area contributed by atoms with Crippen molar-refractivity contribution in [3.8, 4) is 5.75 Å². The van der Waals surface area contributed by atoms with E-state index in [0.717, 1.165) is 33.5 Å². The van der Waals surface area contributed by atoms with Crippen LogP contribution in [-0.4, -0.2) is 53.3 Å². The van der Waals surface area contributed by atoms with Crippen molar-refractivity contribution in [1.82, 2.24) is 14.8 Å². The number of amides is 2. The Balaban J connectivity index is 1.51. The molecular weight excluding hydrogens is 397 g/mol. The first-order valence-corrected chi connectivity index (χ1v) is 10.4. The molecule has 1 unspecified atom stereocenters. The highest BCUT2D eigenvalue weighted by Gasteiger charge is 2.53. The number of nitrogens with zero attached hydrogens (tertiary/aromatic N) is 2. The van der Waals surface area contributed by atoms with Crippen LogP contribution in [0, 0.1) is 5.82 Å². The third-order valence-electron chi connectivity index (χ3n) is 6.62. The third kappa shape index (κ3) is 2.99. The number of aromatic amines is 1. The highest BCUT2D eigenvalue weighted by Crippen LogP contribution is 2.42. The van der Waals surface area contributed by atoms with E-state index in [1.165, 1.54) is 12.1 Å². The molecule has 1 fully saturated rings. The molecule has 6 nitrogen and oxygen atoms in total. The molecule has 1 aromatic heterocycles. The number of nitrogens with one attached hydrogen (secondary N) is 1. The Bertz CT molecular complexity index is 1200. The molecule has 7 heteroatoms. The van der Waals surface area contributed by atoms with E-state index in [2.05, 4.69) is 4.98 Å². The van der Waals surface area contributed by atoms with Crippen LogP contribution in [0.2, 0.25) is 0 Å². The Morgan fingerprint density at radius 2 is 2.03 bits per heavy atom. The van der Waals surface area contributed by atoms with Gasteiger partial charge < -0.3 is 19.5 Å². The Kier molecular flexibility index (Phi) is 4.50. The number of carbonyl (C=O) groups is 2. The van der Waals surface area contributed by atoms with Crippen molar-refractivity contribution in [3.05, 3.63) is 65.1 Å². The molecule has 0 aliphatic carbocycles. The molecule has 160 valence electrons. The molecule has 31 heavy (non-hydrogen) atoms. The van der Waals surface area contributed by atoms with Gasteiger partial charge in [-0.2, -0.15) is 0 Å². The molecule has 2 amide bonds. The molecular formula is C24H24FN3O3. The number of benzene rings is 2. The average molecular weight is 421 g/mol. The zero-order valence-corrected chi connectivity index (χ0v) is 17.6. The minimum atomic E-state index is -1.09. The number of hydrogen-bond acceptors (Lipinski definition) is 3. The lowest BCUT2D eigenvalue weighted by Gasteiger charge is -2.49. The van der Waals surface area contributed by atoms with Gasteiger partial charge in [-0.05, 0) is 61.2 Å². The van der Waals surface area contributed by atoms with Crippen molar-refractivity contribution in [2.24, 2.45) is 0 Å². The lowest BCUT2D eigenvalue weighted by atomic mass is 9.83. The second-order valence-electron chi connectivity index (χ2n) is 8.36. The molecule has 2 aliphatic rings. The first-order chi connectivity index (χ1) is 14.9. The van der Waals surface area contributed by atoms with Crippen molar-refractivity contribution in [2.45, 2.75) is 25.3 Å². The van der Waals surface area contributed by atoms with E-state index in [1.54, 1.807) is 23.0 Å². The smallest absolute Gasteiger partial charge is 0.254 e. The number of piperazine rings is 1. The maximum atomic E-state index is 13.7. The Labute approximate surface area is 179 Å². The van der Waals surface area contributed by atoms with Gasteiger partial charge in [0.1, 0.15) is 11.6 Å². The van der Waals surface area contributed by atoms with Gasteiger partial charge in [-0.15, -0.1) is 0 Å². The van der Waals surface area contributed by atoms with E-state index in [1.807, 2.05) is 31.2 Å². The van der Waals surface area contributed by atoms with Gasteiger partial charge in [0.15, 0.2) is 5.54 Å². The summed E-state index contributed by atoms with van der Waals surface area (Å²) in [6.07, 6.45) is 1.17. The molecule has 0 bridgehead atoms. The van der Waals surface area contributed by atoms with Gasteiger partial charge in [0.05, 0.1) is 19.3 Å². The van der Waals surface area contributed by atoms with Crippen LogP contribution in [0.1, 0.15) is 23.7 Å². The SMILES string of the molecule is COc1ccc2[nH]c3c(c2c1)CCN1C(=O)CN(CCc2cccc(F)c2)C(=O)C31C. The van der Waals surface area contributed by atoms with Gasteiger partial charge in [0, 0.05) is 24.0 Å². The van der Waals surface area contributed by atoms with E-state index < -0.39 is 5.54 Å². The molecule has 2 aromatic carbocycles. The fourth-order valence-electron chi connectivity index (χ4n) is 4.97. The summed E-state index contributed by atoms with van der Waals surface area (Å²) >= 11 is 0. The average Bonchev–Trinajstić information content (AvgIpc) is 3.14. The van der Waals surface area contributed by atoms with Gasteiger partial charge in [0.25, 0.3) is 5.91 Å². The van der Waals surface area contributed by atoms with Crippen LogP contribution in [-0.2, 0) is 28.0 Å². The lowest BCUT2D eigenvalue weighted by Crippen LogP contribution is -2.67. The first-order valence-electron chi connectivity index (χ1n) is 10.4. The quantitative estimate of drug-likeness (QED) is 0.704. The molecule has 0 saturated carbocycles. The van der Waals surface area contributed by atoms with Crippen molar-refractivity contribution >= 4 is 22.7 Å². The predicted octanol–water partition coefficient (Wildman–Crippen LogP) is 3.00. The van der Waals surface area contributed by atoms with E-state index in [-0.39, 0.29) is 24.2 Å². The van der Waals surface area contributed by atoms with E-state index >= 15 is 0 Å². The highest BCUT2D eigenvalue weighted by molar-refractivity contribution is 6.00. The molecule has 3 heterocycles. The number of ether oxygens (including phenoxy) is 1. The maximum Gasteiger partial charge on any atom is 0.254 e. The number of halogens is 1. The topological polar surface area (TPSA) is 65.6 Å². The zero-order chi connectivity index (χ0) is 21.8. The molecule has 1 N–H and O–H groups in total. The Hall–Kier alpha value is -3.35. The summed E-state index contributed by atoms with van der Waals surface area (Å²) < 4.78 is 18.9. The minimum absolute atomic E-state index is 0.0487. The number of rotatable bonds is 4. The second-order valence-corrected chi connectivity index (χ2v) is 8.36. The molecule has 1 atom stereocenters. The summed E-state index contributed by atoms with van der Waals surface area (Å²) in [5.41, 5.74) is 2.47. The predicted molar refractivity (Wildman–Crippen MR) is 114 cm³/mol. The monoisotopic (exact) mass is 421 g/mol. The number of fused-ring (bicyclic) bond motifs is 5. The lowest BCUT2D eigenvalue weighted by molar-refractivity contribution is -0.165. The third-order valence-corrected chi connectivity index (χ3v) is 6.62. The van der Waals surface area contributed by atoms with E-state index in [4.69, 9.17) is 4.74 Å². The van der Waals surface area contributed by atoms with Crippen LogP contribution in [0.3, 0.4) is 0 Å².